The van der Waals surface area contributed by atoms with Crippen molar-refractivity contribution in [3.05, 3.63) is 0 Å². The van der Waals surface area contributed by atoms with E-state index in [4.69, 9.17) is 4.74 Å². The van der Waals surface area contributed by atoms with Crippen LogP contribution in [0.15, 0.2) is 0 Å². The molecule has 2 fully saturated rings. The molecule has 2 N–H and O–H groups in total. The van der Waals surface area contributed by atoms with Crippen LogP contribution in [-0.2, 0) is 14.3 Å². The molecule has 6 nitrogen and oxygen atoms in total. The van der Waals surface area contributed by atoms with Crippen LogP contribution in [0.2, 0.25) is 0 Å². The van der Waals surface area contributed by atoms with Crippen molar-refractivity contribution in [1.29, 1.82) is 0 Å². The van der Waals surface area contributed by atoms with Crippen molar-refractivity contribution in [2.45, 2.75) is 26.3 Å². The van der Waals surface area contributed by atoms with Gasteiger partial charge in [0, 0.05) is 19.6 Å². The summed E-state index contributed by atoms with van der Waals surface area (Å²) in [5.41, 5.74) is 0. The molecule has 0 aliphatic carbocycles. The molecule has 2 aliphatic heterocycles. The molecule has 0 aromatic carbocycles. The standard InChI is InChI=1S/C14H25N3O3/c1-3-4-16-13(18)12-9-20-6-5-17(12)14(19)11-8-15-7-10(11)2/h10-12,15H,3-9H2,1-2H3,(H,16,18). The number of carbonyl (C=O) groups is 2. The van der Waals surface area contributed by atoms with Gasteiger partial charge in [-0.15, -0.1) is 0 Å². The third kappa shape index (κ3) is 3.30. The fourth-order valence-electron chi connectivity index (χ4n) is 2.80. The molecule has 0 aromatic rings. The van der Waals surface area contributed by atoms with Crippen molar-refractivity contribution in [2.75, 3.05) is 39.4 Å². The number of hydrogen-bond acceptors (Lipinski definition) is 4. The van der Waals surface area contributed by atoms with Crippen LogP contribution in [-0.4, -0.2) is 62.1 Å². The van der Waals surface area contributed by atoms with E-state index in [2.05, 4.69) is 17.6 Å². The van der Waals surface area contributed by atoms with Gasteiger partial charge < -0.3 is 20.3 Å². The topological polar surface area (TPSA) is 70.7 Å². The van der Waals surface area contributed by atoms with Crippen LogP contribution in [0.5, 0.6) is 0 Å². The quantitative estimate of drug-likeness (QED) is 0.736. The molecular weight excluding hydrogens is 258 g/mol. The molecule has 6 heteroatoms. The Morgan fingerprint density at radius 3 is 2.85 bits per heavy atom. The van der Waals surface area contributed by atoms with E-state index in [0.717, 1.165) is 13.0 Å². The van der Waals surface area contributed by atoms with Gasteiger partial charge in [0.1, 0.15) is 6.04 Å². The van der Waals surface area contributed by atoms with Gasteiger partial charge in [-0.1, -0.05) is 13.8 Å². The number of carbonyl (C=O) groups excluding carboxylic acids is 2. The summed E-state index contributed by atoms with van der Waals surface area (Å²) in [7, 11) is 0. The van der Waals surface area contributed by atoms with Gasteiger partial charge >= 0.3 is 0 Å². The fourth-order valence-corrected chi connectivity index (χ4v) is 2.80. The molecule has 0 radical (unpaired) electrons. The highest BCUT2D eigenvalue weighted by Crippen LogP contribution is 2.21. The predicted molar refractivity (Wildman–Crippen MR) is 75.1 cm³/mol. The maximum atomic E-state index is 12.6. The third-order valence-electron chi connectivity index (χ3n) is 4.10. The van der Waals surface area contributed by atoms with Gasteiger partial charge in [-0.3, -0.25) is 9.59 Å². The van der Waals surface area contributed by atoms with Crippen LogP contribution in [0.1, 0.15) is 20.3 Å². The van der Waals surface area contributed by atoms with Crippen molar-refractivity contribution in [3.8, 4) is 0 Å². The van der Waals surface area contributed by atoms with E-state index in [9.17, 15) is 9.59 Å². The van der Waals surface area contributed by atoms with Gasteiger partial charge in [-0.2, -0.15) is 0 Å². The molecule has 2 saturated heterocycles. The van der Waals surface area contributed by atoms with Crippen molar-refractivity contribution in [1.82, 2.24) is 15.5 Å². The second-order valence-corrected chi connectivity index (χ2v) is 5.66. The Labute approximate surface area is 120 Å². The van der Waals surface area contributed by atoms with Crippen LogP contribution < -0.4 is 10.6 Å². The zero-order chi connectivity index (χ0) is 14.5. The predicted octanol–water partition coefficient (Wildman–Crippen LogP) is -0.404. The molecule has 20 heavy (non-hydrogen) atoms. The minimum absolute atomic E-state index is 0.0189. The zero-order valence-electron chi connectivity index (χ0n) is 12.4. The Bertz CT molecular complexity index is 362. The molecule has 3 atom stereocenters. The third-order valence-corrected chi connectivity index (χ3v) is 4.10. The smallest absolute Gasteiger partial charge is 0.245 e. The number of hydrogen-bond donors (Lipinski definition) is 2. The fraction of sp³-hybridized carbons (Fsp3) is 0.857. The molecule has 3 unspecified atom stereocenters. The molecule has 0 aromatic heterocycles. The second-order valence-electron chi connectivity index (χ2n) is 5.66. The Balaban J connectivity index is 2.02. The molecule has 2 amide bonds. The normalized spacial score (nSPS) is 30.3. The summed E-state index contributed by atoms with van der Waals surface area (Å²) in [6.07, 6.45) is 0.886. The minimum atomic E-state index is -0.476. The molecular formula is C14H25N3O3. The first-order valence-electron chi connectivity index (χ1n) is 7.51. The number of morpholine rings is 1. The summed E-state index contributed by atoms with van der Waals surface area (Å²) in [5.74, 6) is 0.292. The highest BCUT2D eigenvalue weighted by atomic mass is 16.5. The lowest BCUT2D eigenvalue weighted by Crippen LogP contribution is -2.57. The summed E-state index contributed by atoms with van der Waals surface area (Å²) in [6.45, 7) is 7.62. The number of amides is 2. The Morgan fingerprint density at radius 1 is 1.40 bits per heavy atom. The average Bonchev–Trinajstić information content (AvgIpc) is 2.90. The highest BCUT2D eigenvalue weighted by Gasteiger charge is 2.39. The van der Waals surface area contributed by atoms with Crippen molar-refractivity contribution in [3.63, 3.8) is 0 Å². The van der Waals surface area contributed by atoms with E-state index in [-0.39, 0.29) is 17.7 Å². The van der Waals surface area contributed by atoms with E-state index in [1.165, 1.54) is 0 Å². The Hall–Kier alpha value is -1.14. The maximum absolute atomic E-state index is 12.6. The van der Waals surface area contributed by atoms with Gasteiger partial charge in [-0.05, 0) is 18.9 Å². The Morgan fingerprint density at radius 2 is 2.20 bits per heavy atom. The van der Waals surface area contributed by atoms with Crippen LogP contribution in [0.3, 0.4) is 0 Å². The van der Waals surface area contributed by atoms with Crippen LogP contribution in [0.4, 0.5) is 0 Å². The molecule has 114 valence electrons. The van der Waals surface area contributed by atoms with Crippen molar-refractivity contribution < 1.29 is 14.3 Å². The molecule has 2 rings (SSSR count). The van der Waals surface area contributed by atoms with E-state index in [0.29, 0.717) is 38.8 Å². The summed E-state index contributed by atoms with van der Waals surface area (Å²) in [6, 6.07) is -0.476. The molecule has 0 bridgehead atoms. The van der Waals surface area contributed by atoms with E-state index in [1.54, 1.807) is 4.90 Å². The molecule has 2 heterocycles. The molecule has 0 spiro atoms. The number of rotatable bonds is 4. The van der Waals surface area contributed by atoms with E-state index in [1.807, 2.05) is 6.92 Å². The lowest BCUT2D eigenvalue weighted by molar-refractivity contribution is -0.151. The van der Waals surface area contributed by atoms with Crippen molar-refractivity contribution in [2.24, 2.45) is 11.8 Å². The van der Waals surface area contributed by atoms with Crippen molar-refractivity contribution >= 4 is 11.8 Å². The zero-order valence-corrected chi connectivity index (χ0v) is 12.4. The summed E-state index contributed by atoms with van der Waals surface area (Å²) < 4.78 is 5.38. The van der Waals surface area contributed by atoms with Gasteiger partial charge in [-0.25, -0.2) is 0 Å². The van der Waals surface area contributed by atoms with Crippen LogP contribution in [0, 0.1) is 11.8 Å². The lowest BCUT2D eigenvalue weighted by Gasteiger charge is -2.36. The van der Waals surface area contributed by atoms with E-state index >= 15 is 0 Å². The Kier molecular flexibility index (Phi) is 5.37. The second kappa shape index (κ2) is 7.04. The van der Waals surface area contributed by atoms with Gasteiger partial charge in [0.05, 0.1) is 19.1 Å². The summed E-state index contributed by atoms with van der Waals surface area (Å²) >= 11 is 0. The first-order valence-corrected chi connectivity index (χ1v) is 7.51. The number of nitrogens with zero attached hydrogens (tertiary/aromatic N) is 1. The summed E-state index contributed by atoms with van der Waals surface area (Å²) in [4.78, 5) is 26.5. The lowest BCUT2D eigenvalue weighted by atomic mass is 9.95. The summed E-state index contributed by atoms with van der Waals surface area (Å²) in [5, 5.41) is 6.10. The van der Waals surface area contributed by atoms with Gasteiger partial charge in [0.15, 0.2) is 0 Å². The molecule has 2 aliphatic rings. The molecule has 0 saturated carbocycles. The largest absolute Gasteiger partial charge is 0.377 e. The highest BCUT2D eigenvalue weighted by molar-refractivity contribution is 5.89. The SMILES string of the molecule is CCCNC(=O)C1COCCN1C(=O)C1CNCC1C. The van der Waals surface area contributed by atoms with Crippen LogP contribution in [0.25, 0.3) is 0 Å². The minimum Gasteiger partial charge on any atom is -0.377 e. The first-order chi connectivity index (χ1) is 9.65. The monoisotopic (exact) mass is 283 g/mol. The van der Waals surface area contributed by atoms with Crippen LogP contribution >= 0.6 is 0 Å². The first kappa shape index (κ1) is 15.3. The maximum Gasteiger partial charge on any atom is 0.245 e. The average molecular weight is 283 g/mol. The number of nitrogens with one attached hydrogen (secondary N) is 2. The van der Waals surface area contributed by atoms with Gasteiger partial charge in [0.2, 0.25) is 11.8 Å². The number of ether oxygens (including phenoxy) is 1. The van der Waals surface area contributed by atoms with E-state index < -0.39 is 6.04 Å². The van der Waals surface area contributed by atoms with Gasteiger partial charge in [0.25, 0.3) is 0 Å².